The molecule has 5 aromatic carbocycles. The van der Waals surface area contributed by atoms with Crippen molar-refractivity contribution in [3.8, 4) is 11.5 Å². The second kappa shape index (κ2) is 17.1. The van der Waals surface area contributed by atoms with Crippen LogP contribution in [0.4, 0.5) is 11.4 Å². The fourth-order valence-electron chi connectivity index (χ4n) is 4.96. The zero-order chi connectivity index (χ0) is 36.3. The number of aromatic carboxylic acids is 1. The second-order valence-electron chi connectivity index (χ2n) is 10.8. The molecule has 0 radical (unpaired) electrons. The lowest BCUT2D eigenvalue weighted by Gasteiger charge is -2.18. The average molecular weight is 722 g/mol. The smallest absolute Gasteiger partial charge is 0.335 e. The Morgan fingerprint density at radius 3 is 2.16 bits per heavy atom. The third kappa shape index (κ3) is 9.35. The summed E-state index contributed by atoms with van der Waals surface area (Å²) in [6.45, 7) is 0. The molecule has 0 heterocycles. The van der Waals surface area contributed by atoms with Crippen LogP contribution in [0.1, 0.15) is 37.1 Å². The van der Waals surface area contributed by atoms with Gasteiger partial charge in [-0.3, -0.25) is 14.4 Å². The van der Waals surface area contributed by atoms with Crippen molar-refractivity contribution < 1.29 is 33.8 Å². The number of nitrogens with one attached hydrogen (secondary N) is 3. The molecule has 0 saturated carbocycles. The van der Waals surface area contributed by atoms with Crippen LogP contribution in [0.2, 0.25) is 5.02 Å². The molecule has 0 fully saturated rings. The minimum Gasteiger partial charge on any atom is -0.493 e. The molecule has 4 N–H and O–H groups in total. The summed E-state index contributed by atoms with van der Waals surface area (Å²) in [7, 11) is 2.98. The zero-order valence-corrected chi connectivity index (χ0v) is 29.0. The van der Waals surface area contributed by atoms with E-state index in [0.29, 0.717) is 38.8 Å². The summed E-state index contributed by atoms with van der Waals surface area (Å²) in [4.78, 5) is 52.9. The molecule has 1 unspecified atom stereocenters. The lowest BCUT2D eigenvalue weighted by Crippen LogP contribution is -2.30. The van der Waals surface area contributed by atoms with Crippen molar-refractivity contribution in [3.05, 3.63) is 154 Å². The number of amides is 3. The maximum absolute atomic E-state index is 13.8. The van der Waals surface area contributed by atoms with Gasteiger partial charge in [-0.2, -0.15) is 0 Å². The lowest BCUT2D eigenvalue weighted by molar-refractivity contribution is -0.116. The molecule has 0 aliphatic carbocycles. The molecule has 0 saturated heterocycles. The number of hydrogen-bond donors (Lipinski definition) is 4. The molecule has 258 valence electrons. The van der Waals surface area contributed by atoms with Crippen LogP contribution in [0, 0.1) is 0 Å². The van der Waals surface area contributed by atoms with Crippen LogP contribution in [0.3, 0.4) is 0 Å². The van der Waals surface area contributed by atoms with Crippen LogP contribution in [-0.2, 0) is 9.59 Å². The van der Waals surface area contributed by atoms with Crippen molar-refractivity contribution in [2.24, 2.45) is 0 Å². The van der Waals surface area contributed by atoms with Gasteiger partial charge in [0.05, 0.1) is 30.5 Å². The second-order valence-corrected chi connectivity index (χ2v) is 12.4. The Kier molecular flexibility index (Phi) is 12.1. The number of methoxy groups -OCH3 is 2. The summed E-state index contributed by atoms with van der Waals surface area (Å²) in [5.74, 6) is -1.88. The first-order valence-electron chi connectivity index (χ1n) is 15.4. The minimum atomic E-state index is -1.16. The van der Waals surface area contributed by atoms with Gasteiger partial charge in [-0.15, -0.1) is 11.8 Å². The van der Waals surface area contributed by atoms with Gasteiger partial charge in [-0.25, -0.2) is 4.79 Å². The van der Waals surface area contributed by atoms with Gasteiger partial charge in [0.2, 0.25) is 5.91 Å². The highest BCUT2D eigenvalue weighted by atomic mass is 35.5. The molecule has 10 nitrogen and oxygen atoms in total. The minimum absolute atomic E-state index is 0.0275. The van der Waals surface area contributed by atoms with Gasteiger partial charge in [0.1, 0.15) is 10.9 Å². The Labute approximate surface area is 303 Å². The van der Waals surface area contributed by atoms with Gasteiger partial charge in [0.25, 0.3) is 11.8 Å². The number of carboxylic acids is 1. The molecule has 0 spiro atoms. The number of carboxylic acid groups (broad SMARTS) is 1. The molecule has 0 bridgehead atoms. The van der Waals surface area contributed by atoms with E-state index < -0.39 is 28.9 Å². The van der Waals surface area contributed by atoms with Gasteiger partial charge in [0, 0.05) is 21.7 Å². The summed E-state index contributed by atoms with van der Waals surface area (Å²) in [5, 5.41) is 17.2. The SMILES string of the molecule is COc1cccc(/C=C(/NC(=O)c2ccccc2)C(=O)Nc2cccc(SC(C(=O)Nc3cc(C(=O)O)ccc3Cl)c3ccccc3)c2)c1OC. The van der Waals surface area contributed by atoms with E-state index in [1.807, 2.05) is 6.07 Å². The Bertz CT molecular complexity index is 2090. The van der Waals surface area contributed by atoms with E-state index in [4.69, 9.17) is 21.1 Å². The number of carbonyl (C=O) groups excluding carboxylic acids is 3. The van der Waals surface area contributed by atoms with Crippen molar-refractivity contribution in [2.45, 2.75) is 10.1 Å². The monoisotopic (exact) mass is 721 g/mol. The molecule has 5 rings (SSSR count). The number of para-hydroxylation sites is 1. The lowest BCUT2D eigenvalue weighted by atomic mass is 10.1. The summed E-state index contributed by atoms with van der Waals surface area (Å²) in [6.07, 6.45) is 1.50. The van der Waals surface area contributed by atoms with Crippen molar-refractivity contribution in [1.82, 2.24) is 5.32 Å². The Hall–Kier alpha value is -6.04. The molecule has 51 heavy (non-hydrogen) atoms. The fourth-order valence-corrected chi connectivity index (χ4v) is 6.21. The van der Waals surface area contributed by atoms with E-state index in [1.165, 1.54) is 50.3 Å². The molecule has 0 aliphatic heterocycles. The van der Waals surface area contributed by atoms with Crippen LogP contribution in [-0.4, -0.2) is 43.0 Å². The largest absolute Gasteiger partial charge is 0.493 e. The molecule has 12 heteroatoms. The molecular weight excluding hydrogens is 690 g/mol. The number of rotatable bonds is 13. The van der Waals surface area contributed by atoms with E-state index in [9.17, 15) is 24.3 Å². The number of benzene rings is 5. The summed E-state index contributed by atoms with van der Waals surface area (Å²) in [6, 6.07) is 33.7. The first-order valence-corrected chi connectivity index (χ1v) is 16.7. The van der Waals surface area contributed by atoms with Crippen LogP contribution in [0.25, 0.3) is 6.08 Å². The maximum Gasteiger partial charge on any atom is 0.335 e. The van der Waals surface area contributed by atoms with Gasteiger partial charge in [0.15, 0.2) is 11.5 Å². The summed E-state index contributed by atoms with van der Waals surface area (Å²) >= 11 is 7.52. The van der Waals surface area contributed by atoms with Gasteiger partial charge in [-0.05, 0) is 66.2 Å². The Morgan fingerprint density at radius 2 is 1.47 bits per heavy atom. The van der Waals surface area contributed by atoms with E-state index in [1.54, 1.807) is 97.1 Å². The highest BCUT2D eigenvalue weighted by molar-refractivity contribution is 8.00. The van der Waals surface area contributed by atoms with Crippen molar-refractivity contribution in [2.75, 3.05) is 24.9 Å². The highest BCUT2D eigenvalue weighted by Crippen LogP contribution is 2.38. The predicted molar refractivity (Wildman–Crippen MR) is 199 cm³/mol. The molecule has 1 atom stereocenters. The number of halogens is 1. The quantitative estimate of drug-likeness (QED) is 0.0709. The van der Waals surface area contributed by atoms with E-state index in [0.717, 1.165) is 0 Å². The molecule has 0 aliphatic rings. The van der Waals surface area contributed by atoms with Crippen LogP contribution in [0.5, 0.6) is 11.5 Å². The van der Waals surface area contributed by atoms with Crippen molar-refractivity contribution >= 4 is 64.5 Å². The third-order valence-electron chi connectivity index (χ3n) is 7.42. The third-order valence-corrected chi connectivity index (χ3v) is 9.00. The van der Waals surface area contributed by atoms with E-state index in [2.05, 4.69) is 16.0 Å². The standard InChI is InChI=1S/C39H32ClN3O7S/c1-49-33-18-9-15-26(34(33)50-2)21-32(43-36(44)25-13-7-4-8-14-25)37(45)41-28-16-10-17-29(23-28)51-35(24-11-5-3-6-12-24)38(46)42-31-22-27(39(47)48)19-20-30(31)40/h3-23,35H,1-2H3,(H,41,45)(H,42,46)(H,43,44)(H,47,48)/b32-21+. The van der Waals surface area contributed by atoms with Crippen molar-refractivity contribution in [1.29, 1.82) is 0 Å². The highest BCUT2D eigenvalue weighted by Gasteiger charge is 2.24. The fraction of sp³-hybridized carbons (Fsp3) is 0.0769. The topological polar surface area (TPSA) is 143 Å². The van der Waals surface area contributed by atoms with E-state index >= 15 is 0 Å². The Balaban J connectivity index is 1.42. The predicted octanol–water partition coefficient (Wildman–Crippen LogP) is 7.94. The number of ether oxygens (including phenoxy) is 2. The van der Waals surface area contributed by atoms with Crippen LogP contribution >= 0.6 is 23.4 Å². The van der Waals surface area contributed by atoms with Crippen LogP contribution in [0.15, 0.2) is 132 Å². The average Bonchev–Trinajstić information content (AvgIpc) is 3.14. The number of carbonyl (C=O) groups is 4. The Morgan fingerprint density at radius 1 is 0.765 bits per heavy atom. The number of hydrogen-bond acceptors (Lipinski definition) is 7. The van der Waals surface area contributed by atoms with Gasteiger partial charge >= 0.3 is 5.97 Å². The first kappa shape index (κ1) is 36.2. The summed E-state index contributed by atoms with van der Waals surface area (Å²) < 4.78 is 11.0. The maximum atomic E-state index is 13.8. The summed E-state index contributed by atoms with van der Waals surface area (Å²) in [5.41, 5.74) is 2.00. The molecule has 5 aromatic rings. The van der Waals surface area contributed by atoms with Crippen LogP contribution < -0.4 is 25.4 Å². The molecule has 3 amide bonds. The van der Waals surface area contributed by atoms with E-state index in [-0.39, 0.29) is 22.0 Å². The van der Waals surface area contributed by atoms with Crippen molar-refractivity contribution in [3.63, 3.8) is 0 Å². The normalized spacial score (nSPS) is 11.5. The molecular formula is C39H32ClN3O7S. The van der Waals surface area contributed by atoms with Gasteiger partial charge < -0.3 is 30.5 Å². The number of thioether (sulfide) groups is 1. The zero-order valence-electron chi connectivity index (χ0n) is 27.4. The molecule has 0 aromatic heterocycles. The van der Waals surface area contributed by atoms with Gasteiger partial charge in [-0.1, -0.05) is 78.3 Å². The number of anilines is 2. The first-order chi connectivity index (χ1) is 24.7.